The molecule has 0 fully saturated rings. The molecule has 3 rings (SSSR count). The molecule has 0 atom stereocenters. The van der Waals surface area contributed by atoms with Crippen LogP contribution in [0.4, 0.5) is 0 Å². The number of hydrogen-bond acceptors (Lipinski definition) is 3. The molecule has 26 heavy (non-hydrogen) atoms. The monoisotopic (exact) mass is 350 g/mol. The molecule has 4 heteroatoms. The van der Waals surface area contributed by atoms with E-state index in [2.05, 4.69) is 71.2 Å². The van der Waals surface area contributed by atoms with Gasteiger partial charge in [0, 0.05) is 29.4 Å². The van der Waals surface area contributed by atoms with Crippen molar-refractivity contribution in [1.29, 1.82) is 0 Å². The van der Waals surface area contributed by atoms with Gasteiger partial charge in [0.1, 0.15) is 0 Å². The molecule has 0 amide bonds. The van der Waals surface area contributed by atoms with Crippen molar-refractivity contribution < 1.29 is 0 Å². The van der Waals surface area contributed by atoms with Crippen molar-refractivity contribution in [2.45, 2.75) is 47.1 Å². The van der Waals surface area contributed by atoms with E-state index in [0.717, 1.165) is 47.8 Å². The second-order valence-electron chi connectivity index (χ2n) is 7.60. The summed E-state index contributed by atoms with van der Waals surface area (Å²) in [5, 5.41) is 8.33. The molecule has 3 aromatic rings. The highest BCUT2D eigenvalue weighted by Gasteiger charge is 2.09. The zero-order valence-corrected chi connectivity index (χ0v) is 16.4. The van der Waals surface area contributed by atoms with Crippen LogP contribution in [0.15, 0.2) is 36.5 Å². The Morgan fingerprint density at radius 2 is 1.96 bits per heavy atom. The molecule has 0 aliphatic heterocycles. The summed E-state index contributed by atoms with van der Waals surface area (Å²) in [6.07, 6.45) is 4.36. The highest BCUT2D eigenvalue weighted by molar-refractivity contribution is 5.82. The molecule has 1 aromatic carbocycles. The first-order valence-electron chi connectivity index (χ1n) is 9.69. The van der Waals surface area contributed by atoms with Gasteiger partial charge in [-0.3, -0.25) is 10.00 Å². The molecule has 138 valence electrons. The third kappa shape index (κ3) is 4.50. The Morgan fingerprint density at radius 3 is 2.73 bits per heavy atom. The molecule has 2 heterocycles. The molecule has 0 saturated carbocycles. The van der Waals surface area contributed by atoms with Gasteiger partial charge in [0.2, 0.25) is 0 Å². The van der Waals surface area contributed by atoms with Gasteiger partial charge in [-0.25, -0.2) is 4.98 Å². The van der Waals surface area contributed by atoms with Crippen LogP contribution >= 0.6 is 0 Å². The van der Waals surface area contributed by atoms with Crippen molar-refractivity contribution in [3.8, 4) is 11.1 Å². The highest BCUT2D eigenvalue weighted by atomic mass is 15.1. The quantitative estimate of drug-likeness (QED) is 0.608. The Hall–Kier alpha value is -2.20. The zero-order chi connectivity index (χ0) is 18.5. The average Bonchev–Trinajstić information content (AvgIpc) is 3.00. The maximum atomic E-state index is 4.49. The van der Waals surface area contributed by atoms with Gasteiger partial charge in [-0.1, -0.05) is 39.0 Å². The van der Waals surface area contributed by atoms with Gasteiger partial charge in [0.25, 0.3) is 0 Å². The first-order chi connectivity index (χ1) is 12.6. The molecule has 0 aliphatic rings. The Labute approximate surface area is 156 Å². The molecule has 0 spiro atoms. The number of aromatic amines is 1. The number of fused-ring (bicyclic) bond motifs is 1. The molecule has 0 bridgehead atoms. The van der Waals surface area contributed by atoms with Crippen molar-refractivity contribution in [2.24, 2.45) is 5.92 Å². The minimum absolute atomic E-state index is 0.747. The maximum Gasteiger partial charge on any atom is 0.181 e. The van der Waals surface area contributed by atoms with E-state index in [9.17, 15) is 0 Å². The minimum atomic E-state index is 0.747. The van der Waals surface area contributed by atoms with Crippen LogP contribution < -0.4 is 0 Å². The van der Waals surface area contributed by atoms with Crippen molar-refractivity contribution in [3.63, 3.8) is 0 Å². The lowest BCUT2D eigenvalue weighted by Gasteiger charge is -2.23. The van der Waals surface area contributed by atoms with Crippen LogP contribution in [0.25, 0.3) is 22.2 Å². The largest absolute Gasteiger partial charge is 0.299 e. The highest BCUT2D eigenvalue weighted by Crippen LogP contribution is 2.24. The number of aromatic nitrogens is 3. The van der Waals surface area contributed by atoms with Crippen LogP contribution in [0.5, 0.6) is 0 Å². The lowest BCUT2D eigenvalue weighted by atomic mass is 10.0. The van der Waals surface area contributed by atoms with E-state index in [-0.39, 0.29) is 0 Å². The van der Waals surface area contributed by atoms with Crippen molar-refractivity contribution in [3.05, 3.63) is 47.8 Å². The summed E-state index contributed by atoms with van der Waals surface area (Å²) in [5.41, 5.74) is 5.58. The number of nitrogens with zero attached hydrogens (tertiary/aromatic N) is 3. The third-order valence-corrected chi connectivity index (χ3v) is 4.83. The normalized spacial score (nSPS) is 11.8. The number of hydrogen-bond donors (Lipinski definition) is 1. The fourth-order valence-electron chi connectivity index (χ4n) is 3.31. The van der Waals surface area contributed by atoms with E-state index < -0.39 is 0 Å². The SMILES string of the molecule is CCCN(CCC(C)C)Cc1cccc(-c2cnc3n[nH]c(C)c3c2)c1. The van der Waals surface area contributed by atoms with E-state index in [1.54, 1.807) is 0 Å². The maximum absolute atomic E-state index is 4.49. The van der Waals surface area contributed by atoms with E-state index in [0.29, 0.717) is 0 Å². The first kappa shape index (κ1) is 18.6. The fraction of sp³-hybridized carbons (Fsp3) is 0.455. The standard InChI is InChI=1S/C22H30N4/c1-5-10-26(11-9-16(2)3)15-18-7-6-8-19(12-18)20-13-21-17(4)24-25-22(21)23-14-20/h6-8,12-14,16H,5,9-11,15H2,1-4H3,(H,23,24,25). The van der Waals surface area contributed by atoms with Gasteiger partial charge >= 0.3 is 0 Å². The summed E-state index contributed by atoms with van der Waals surface area (Å²) in [6.45, 7) is 12.2. The zero-order valence-electron chi connectivity index (χ0n) is 16.4. The van der Waals surface area contributed by atoms with Gasteiger partial charge in [0.15, 0.2) is 5.65 Å². The van der Waals surface area contributed by atoms with Gasteiger partial charge in [-0.15, -0.1) is 0 Å². The van der Waals surface area contributed by atoms with E-state index in [1.165, 1.54) is 24.0 Å². The Bertz CT molecular complexity index is 850. The number of aryl methyl sites for hydroxylation is 1. The number of nitrogens with one attached hydrogen (secondary N) is 1. The molecule has 0 unspecified atom stereocenters. The summed E-state index contributed by atoms with van der Waals surface area (Å²) in [5.74, 6) is 0.747. The lowest BCUT2D eigenvalue weighted by Crippen LogP contribution is -2.26. The molecule has 1 N–H and O–H groups in total. The Balaban J connectivity index is 1.80. The van der Waals surface area contributed by atoms with Crippen molar-refractivity contribution in [1.82, 2.24) is 20.1 Å². The Morgan fingerprint density at radius 1 is 1.12 bits per heavy atom. The van der Waals surface area contributed by atoms with Crippen LogP contribution in [0.3, 0.4) is 0 Å². The van der Waals surface area contributed by atoms with Crippen molar-refractivity contribution >= 4 is 11.0 Å². The predicted octanol–water partition coefficient (Wildman–Crippen LogP) is 5.19. The second kappa shape index (κ2) is 8.45. The first-order valence-corrected chi connectivity index (χ1v) is 9.69. The lowest BCUT2D eigenvalue weighted by molar-refractivity contribution is 0.250. The molecular weight excluding hydrogens is 320 g/mol. The van der Waals surface area contributed by atoms with E-state index in [1.807, 2.05) is 13.1 Å². The number of pyridine rings is 1. The van der Waals surface area contributed by atoms with Crippen LogP contribution in [-0.4, -0.2) is 33.2 Å². The van der Waals surface area contributed by atoms with Crippen LogP contribution in [0.1, 0.15) is 44.9 Å². The second-order valence-corrected chi connectivity index (χ2v) is 7.60. The number of rotatable bonds is 8. The summed E-state index contributed by atoms with van der Waals surface area (Å²) in [7, 11) is 0. The molecule has 0 aliphatic carbocycles. The summed E-state index contributed by atoms with van der Waals surface area (Å²) in [4.78, 5) is 7.06. The van der Waals surface area contributed by atoms with Gasteiger partial charge < -0.3 is 0 Å². The molecular formula is C22H30N4. The van der Waals surface area contributed by atoms with Crippen LogP contribution in [0, 0.1) is 12.8 Å². The number of H-pyrrole nitrogens is 1. The fourth-order valence-corrected chi connectivity index (χ4v) is 3.31. The molecule has 0 saturated heterocycles. The van der Waals surface area contributed by atoms with E-state index >= 15 is 0 Å². The summed E-state index contributed by atoms with van der Waals surface area (Å²) >= 11 is 0. The topological polar surface area (TPSA) is 44.8 Å². The van der Waals surface area contributed by atoms with E-state index in [4.69, 9.17) is 0 Å². The smallest absolute Gasteiger partial charge is 0.181 e. The average molecular weight is 351 g/mol. The predicted molar refractivity (Wildman–Crippen MR) is 109 cm³/mol. The Kier molecular flexibility index (Phi) is 6.04. The number of benzene rings is 1. The summed E-state index contributed by atoms with van der Waals surface area (Å²) < 4.78 is 0. The van der Waals surface area contributed by atoms with Gasteiger partial charge in [-0.05, 0) is 62.0 Å². The molecule has 4 nitrogen and oxygen atoms in total. The van der Waals surface area contributed by atoms with Crippen molar-refractivity contribution in [2.75, 3.05) is 13.1 Å². The van der Waals surface area contributed by atoms with Gasteiger partial charge in [0.05, 0.1) is 0 Å². The van der Waals surface area contributed by atoms with Gasteiger partial charge in [-0.2, -0.15) is 5.10 Å². The molecule has 0 radical (unpaired) electrons. The summed E-state index contributed by atoms with van der Waals surface area (Å²) in [6, 6.07) is 11.0. The minimum Gasteiger partial charge on any atom is -0.299 e. The third-order valence-electron chi connectivity index (χ3n) is 4.83. The van der Waals surface area contributed by atoms with Crippen LogP contribution in [-0.2, 0) is 6.54 Å². The van der Waals surface area contributed by atoms with Crippen LogP contribution in [0.2, 0.25) is 0 Å². The molecule has 2 aromatic heterocycles.